The van der Waals surface area contributed by atoms with E-state index < -0.39 is 44.6 Å². The van der Waals surface area contributed by atoms with Gasteiger partial charge in [0.05, 0.1) is 5.02 Å². The number of sulfonamides is 1. The van der Waals surface area contributed by atoms with Crippen LogP contribution in [-0.4, -0.2) is 52.6 Å². The first-order valence-corrected chi connectivity index (χ1v) is 11.0. The van der Waals surface area contributed by atoms with Crippen molar-refractivity contribution in [2.75, 3.05) is 18.9 Å². The lowest BCUT2D eigenvalue weighted by Gasteiger charge is -2.22. The fourth-order valence-corrected chi connectivity index (χ4v) is 4.13. The van der Waals surface area contributed by atoms with Gasteiger partial charge in [-0.3, -0.25) is 9.29 Å². The fourth-order valence-electron chi connectivity index (χ4n) is 2.90. The van der Waals surface area contributed by atoms with Crippen LogP contribution in [0.15, 0.2) is 30.6 Å². The molecule has 0 aliphatic rings. The third-order valence-electron chi connectivity index (χ3n) is 4.46. The Kier molecular flexibility index (Phi) is 7.33. The highest BCUT2D eigenvalue weighted by atomic mass is 35.5. The fraction of sp³-hybridized carbons (Fsp3) is 0.333. The summed E-state index contributed by atoms with van der Waals surface area (Å²) in [5, 5.41) is 6.57. The summed E-state index contributed by atoms with van der Waals surface area (Å²) < 4.78 is 68.5. The van der Waals surface area contributed by atoms with Crippen LogP contribution in [0.4, 0.5) is 14.7 Å². The summed E-state index contributed by atoms with van der Waals surface area (Å²) in [5.74, 6) is -2.26. The molecule has 14 heteroatoms. The second-order valence-electron chi connectivity index (χ2n) is 6.55. The predicted molar refractivity (Wildman–Crippen MR) is 111 cm³/mol. The summed E-state index contributed by atoms with van der Waals surface area (Å²) in [5.41, 5.74) is -0.556. The van der Waals surface area contributed by atoms with Crippen LogP contribution >= 0.6 is 11.6 Å². The first-order chi connectivity index (χ1) is 15.2. The number of hydrogen-bond acceptors (Lipinski definition) is 8. The lowest BCUT2D eigenvalue weighted by molar-refractivity contribution is 0.0950. The van der Waals surface area contributed by atoms with Gasteiger partial charge in [0, 0.05) is 26.6 Å². The molecule has 2 aromatic heterocycles. The van der Waals surface area contributed by atoms with Gasteiger partial charge in [0.2, 0.25) is 16.0 Å². The largest absolute Gasteiger partial charge is 0.377 e. The first-order valence-electron chi connectivity index (χ1n) is 9.09. The minimum Gasteiger partial charge on any atom is -0.377 e. The SMILES string of the molecule is COCc1nnc(NS(=O)(=O)[C@@H](C)[C@H](OC)c2ncc(Cl)cn2)n1-c1c(F)cccc1F. The van der Waals surface area contributed by atoms with Gasteiger partial charge in [-0.15, -0.1) is 10.2 Å². The predicted octanol–water partition coefficient (Wildman–Crippen LogP) is 2.65. The van der Waals surface area contributed by atoms with Crippen molar-refractivity contribution < 1.29 is 26.7 Å². The molecule has 0 radical (unpaired) electrons. The molecule has 10 nitrogen and oxygen atoms in total. The summed E-state index contributed by atoms with van der Waals surface area (Å²) in [6, 6.07) is 3.22. The topological polar surface area (TPSA) is 121 Å². The van der Waals surface area contributed by atoms with Gasteiger partial charge in [-0.05, 0) is 19.1 Å². The number of nitrogens with one attached hydrogen (secondary N) is 1. The van der Waals surface area contributed by atoms with E-state index in [1.54, 1.807) is 0 Å². The number of hydrogen-bond donors (Lipinski definition) is 1. The molecule has 1 N–H and O–H groups in total. The van der Waals surface area contributed by atoms with Crippen LogP contribution in [0.2, 0.25) is 5.02 Å². The Morgan fingerprint density at radius 1 is 1.16 bits per heavy atom. The summed E-state index contributed by atoms with van der Waals surface area (Å²) in [7, 11) is -1.60. The number of nitrogens with zero attached hydrogens (tertiary/aromatic N) is 5. The summed E-state index contributed by atoms with van der Waals surface area (Å²) in [6.45, 7) is 1.17. The number of anilines is 1. The van der Waals surface area contributed by atoms with Crippen molar-refractivity contribution in [3.8, 4) is 5.69 Å². The van der Waals surface area contributed by atoms with Crippen molar-refractivity contribution in [1.82, 2.24) is 24.7 Å². The maximum Gasteiger partial charge on any atom is 0.243 e. The molecule has 0 fully saturated rings. The van der Waals surface area contributed by atoms with Crippen molar-refractivity contribution in [2.45, 2.75) is 24.9 Å². The second-order valence-corrected chi connectivity index (χ2v) is 9.02. The molecule has 0 saturated heterocycles. The molecule has 0 spiro atoms. The Bertz CT molecular complexity index is 1170. The summed E-state index contributed by atoms with van der Waals surface area (Å²) in [4.78, 5) is 8.00. The number of ether oxygens (including phenoxy) is 2. The van der Waals surface area contributed by atoms with Crippen LogP contribution in [0.3, 0.4) is 0 Å². The van der Waals surface area contributed by atoms with Gasteiger partial charge in [0.1, 0.15) is 35.3 Å². The van der Waals surface area contributed by atoms with Crippen LogP contribution in [0.25, 0.3) is 5.69 Å². The zero-order chi connectivity index (χ0) is 23.5. The molecule has 0 unspecified atom stereocenters. The molecule has 32 heavy (non-hydrogen) atoms. The first kappa shape index (κ1) is 23.9. The van der Waals surface area contributed by atoms with Gasteiger partial charge in [0.25, 0.3) is 0 Å². The molecule has 0 amide bonds. The minimum absolute atomic E-state index is 0.0221. The lowest BCUT2D eigenvalue weighted by atomic mass is 10.2. The van der Waals surface area contributed by atoms with Crippen molar-refractivity contribution in [3.63, 3.8) is 0 Å². The van der Waals surface area contributed by atoms with E-state index in [2.05, 4.69) is 24.9 Å². The van der Waals surface area contributed by atoms with Crippen LogP contribution in [0.1, 0.15) is 24.7 Å². The average Bonchev–Trinajstić information content (AvgIpc) is 3.11. The summed E-state index contributed by atoms with van der Waals surface area (Å²) in [6.07, 6.45) is 1.53. The van der Waals surface area contributed by atoms with Crippen LogP contribution in [0.5, 0.6) is 0 Å². The number of benzene rings is 1. The van der Waals surface area contributed by atoms with Crippen LogP contribution in [-0.2, 0) is 26.1 Å². The number of aromatic nitrogens is 5. The molecule has 172 valence electrons. The molecular weight excluding hydrogens is 470 g/mol. The molecule has 2 heterocycles. The van der Waals surface area contributed by atoms with E-state index in [1.807, 2.05) is 0 Å². The molecule has 3 rings (SSSR count). The molecular formula is C18H19ClF2N6O4S. The quantitative estimate of drug-likeness (QED) is 0.488. The van der Waals surface area contributed by atoms with Crippen molar-refractivity contribution in [1.29, 1.82) is 0 Å². The highest BCUT2D eigenvalue weighted by molar-refractivity contribution is 7.93. The highest BCUT2D eigenvalue weighted by Crippen LogP contribution is 2.27. The Morgan fingerprint density at radius 3 is 2.34 bits per heavy atom. The van der Waals surface area contributed by atoms with Gasteiger partial charge in [-0.2, -0.15) is 0 Å². The van der Waals surface area contributed by atoms with Gasteiger partial charge in [0.15, 0.2) is 11.6 Å². The third-order valence-corrected chi connectivity index (χ3v) is 6.35. The zero-order valence-electron chi connectivity index (χ0n) is 17.2. The molecule has 3 aromatic rings. The molecule has 0 aliphatic heterocycles. The van der Waals surface area contributed by atoms with Crippen molar-refractivity contribution in [3.05, 3.63) is 58.9 Å². The Hall–Kier alpha value is -2.74. The monoisotopic (exact) mass is 488 g/mol. The molecule has 0 aliphatic carbocycles. The molecule has 1 aromatic carbocycles. The number of methoxy groups -OCH3 is 2. The highest BCUT2D eigenvalue weighted by Gasteiger charge is 2.34. The summed E-state index contributed by atoms with van der Waals surface area (Å²) >= 11 is 5.78. The average molecular weight is 489 g/mol. The Morgan fingerprint density at radius 2 is 1.78 bits per heavy atom. The van der Waals surface area contributed by atoms with E-state index in [0.717, 1.165) is 16.7 Å². The van der Waals surface area contributed by atoms with Crippen LogP contribution < -0.4 is 4.72 Å². The maximum absolute atomic E-state index is 14.5. The Labute approximate surface area is 187 Å². The van der Waals surface area contributed by atoms with Gasteiger partial charge < -0.3 is 9.47 Å². The van der Waals surface area contributed by atoms with E-state index in [0.29, 0.717) is 0 Å². The molecule has 0 saturated carbocycles. The van der Waals surface area contributed by atoms with E-state index in [4.69, 9.17) is 21.1 Å². The van der Waals surface area contributed by atoms with E-state index >= 15 is 0 Å². The van der Waals surface area contributed by atoms with Gasteiger partial charge in [-0.25, -0.2) is 27.2 Å². The van der Waals surface area contributed by atoms with Gasteiger partial charge >= 0.3 is 0 Å². The van der Waals surface area contributed by atoms with E-state index in [-0.39, 0.29) is 23.3 Å². The normalized spacial score (nSPS) is 13.7. The van der Waals surface area contributed by atoms with E-state index in [1.165, 1.54) is 39.6 Å². The smallest absolute Gasteiger partial charge is 0.243 e. The van der Waals surface area contributed by atoms with Crippen LogP contribution in [0, 0.1) is 11.6 Å². The third kappa shape index (κ3) is 4.85. The molecule has 0 bridgehead atoms. The lowest BCUT2D eigenvalue weighted by Crippen LogP contribution is -2.33. The Balaban J connectivity index is 2.01. The minimum atomic E-state index is -4.24. The standard InChI is InChI=1S/C18H19ClF2N6O4S/c1-10(16(31-3)17-22-7-11(19)8-23-17)32(28,29)26-18-25-24-14(9-30-2)27(18)15-12(20)5-4-6-13(15)21/h4-8,10,16H,9H2,1-3H3,(H,25,26)/t10-,16-/m0/s1. The number of rotatable bonds is 9. The van der Waals surface area contributed by atoms with Crippen molar-refractivity contribution in [2.24, 2.45) is 0 Å². The molecule has 2 atom stereocenters. The van der Waals surface area contributed by atoms with Crippen molar-refractivity contribution >= 4 is 27.6 Å². The van der Waals surface area contributed by atoms with E-state index in [9.17, 15) is 17.2 Å². The number of para-hydroxylation sites is 1. The maximum atomic E-state index is 14.5. The number of halogens is 3. The second kappa shape index (κ2) is 9.81. The zero-order valence-corrected chi connectivity index (χ0v) is 18.7. The van der Waals surface area contributed by atoms with Gasteiger partial charge in [-0.1, -0.05) is 17.7 Å².